The fraction of sp³-hybridized carbons (Fsp3) is 0.143. The number of hydrogen-bond donors (Lipinski definition) is 1. The Kier molecular flexibility index (Phi) is 6.03. The lowest BCUT2D eigenvalue weighted by Gasteiger charge is -2.07. The first kappa shape index (κ1) is 19.8. The third-order valence-corrected chi connectivity index (χ3v) is 4.21. The number of carbonyl (C=O) groups is 3. The zero-order valence-electron chi connectivity index (χ0n) is 15.9. The molecule has 29 heavy (non-hydrogen) atoms. The minimum Gasteiger partial charge on any atom is -0.465 e. The average molecular weight is 393 g/mol. The second kappa shape index (κ2) is 8.83. The molecule has 0 atom stereocenters. The number of ether oxygens (including phenoxy) is 2. The largest absolute Gasteiger partial charge is 0.465 e. The lowest BCUT2D eigenvalue weighted by Crippen LogP contribution is -2.12. The summed E-state index contributed by atoms with van der Waals surface area (Å²) < 4.78 is 11.0. The Labute approximate surface area is 167 Å². The first-order chi connectivity index (χ1) is 14.0. The van der Waals surface area contributed by atoms with Crippen molar-refractivity contribution in [2.24, 2.45) is 0 Å². The molecule has 0 fully saturated rings. The minimum absolute atomic E-state index is 0.337. The summed E-state index contributed by atoms with van der Waals surface area (Å²) in [6.45, 7) is 0.342. The molecule has 0 aliphatic rings. The Morgan fingerprint density at radius 1 is 0.931 bits per heavy atom. The SMILES string of the molecule is COC(=O)c1ccc(C(=O)Nc2cnn(Cc3ccccc3C(=O)OC)c2)cc1. The van der Waals surface area contributed by atoms with E-state index in [1.807, 2.05) is 12.1 Å². The van der Waals surface area contributed by atoms with Gasteiger partial charge in [-0.3, -0.25) is 9.48 Å². The van der Waals surface area contributed by atoms with E-state index >= 15 is 0 Å². The maximum absolute atomic E-state index is 12.4. The molecule has 0 spiro atoms. The number of aromatic nitrogens is 2. The van der Waals surface area contributed by atoms with Gasteiger partial charge in [-0.25, -0.2) is 9.59 Å². The Hall–Kier alpha value is -3.94. The van der Waals surface area contributed by atoms with E-state index in [9.17, 15) is 14.4 Å². The van der Waals surface area contributed by atoms with E-state index in [1.165, 1.54) is 32.5 Å². The summed E-state index contributed by atoms with van der Waals surface area (Å²) >= 11 is 0. The van der Waals surface area contributed by atoms with Gasteiger partial charge in [0.2, 0.25) is 0 Å². The molecule has 2 aromatic carbocycles. The van der Waals surface area contributed by atoms with Crippen molar-refractivity contribution < 1.29 is 23.9 Å². The number of nitrogens with one attached hydrogen (secondary N) is 1. The predicted molar refractivity (Wildman–Crippen MR) is 105 cm³/mol. The van der Waals surface area contributed by atoms with Crippen LogP contribution in [0.3, 0.4) is 0 Å². The molecule has 1 heterocycles. The van der Waals surface area contributed by atoms with Crippen molar-refractivity contribution in [2.75, 3.05) is 19.5 Å². The summed E-state index contributed by atoms with van der Waals surface area (Å²) in [5, 5.41) is 6.97. The molecular weight excluding hydrogens is 374 g/mol. The van der Waals surface area contributed by atoms with Gasteiger partial charge in [-0.05, 0) is 35.9 Å². The quantitative estimate of drug-likeness (QED) is 0.647. The van der Waals surface area contributed by atoms with E-state index < -0.39 is 11.9 Å². The predicted octanol–water partition coefficient (Wildman–Crippen LogP) is 2.76. The monoisotopic (exact) mass is 393 g/mol. The molecule has 0 unspecified atom stereocenters. The number of anilines is 1. The van der Waals surface area contributed by atoms with Crippen molar-refractivity contribution in [3.05, 3.63) is 83.2 Å². The van der Waals surface area contributed by atoms with Gasteiger partial charge in [0, 0.05) is 11.8 Å². The second-order valence-electron chi connectivity index (χ2n) is 6.10. The van der Waals surface area contributed by atoms with Gasteiger partial charge in [0.25, 0.3) is 5.91 Å². The van der Waals surface area contributed by atoms with Crippen molar-refractivity contribution in [1.29, 1.82) is 0 Å². The molecule has 0 saturated heterocycles. The van der Waals surface area contributed by atoms with Crippen molar-refractivity contribution in [3.8, 4) is 0 Å². The summed E-state index contributed by atoms with van der Waals surface area (Å²) in [5.41, 5.74) is 2.46. The lowest BCUT2D eigenvalue weighted by molar-refractivity contribution is 0.0591. The molecule has 8 heteroatoms. The van der Waals surface area contributed by atoms with E-state index in [1.54, 1.807) is 35.1 Å². The maximum atomic E-state index is 12.4. The summed E-state index contributed by atoms with van der Waals surface area (Å²) in [4.78, 5) is 35.7. The zero-order valence-corrected chi connectivity index (χ0v) is 15.9. The highest BCUT2D eigenvalue weighted by Crippen LogP contribution is 2.14. The number of carbonyl (C=O) groups excluding carboxylic acids is 3. The molecule has 0 aliphatic heterocycles. The molecule has 1 amide bonds. The molecule has 1 N–H and O–H groups in total. The van der Waals surface area contributed by atoms with Gasteiger partial charge in [-0.1, -0.05) is 18.2 Å². The van der Waals surface area contributed by atoms with Gasteiger partial charge in [-0.2, -0.15) is 5.10 Å². The molecule has 0 radical (unpaired) electrons. The lowest BCUT2D eigenvalue weighted by atomic mass is 10.1. The van der Waals surface area contributed by atoms with E-state index in [0.29, 0.717) is 28.9 Å². The summed E-state index contributed by atoms with van der Waals surface area (Å²) in [7, 11) is 2.63. The van der Waals surface area contributed by atoms with Gasteiger partial charge < -0.3 is 14.8 Å². The second-order valence-corrected chi connectivity index (χ2v) is 6.10. The normalized spacial score (nSPS) is 10.3. The highest BCUT2D eigenvalue weighted by atomic mass is 16.5. The van der Waals surface area contributed by atoms with Crippen LogP contribution in [-0.2, 0) is 16.0 Å². The fourth-order valence-corrected chi connectivity index (χ4v) is 2.74. The molecule has 8 nitrogen and oxygen atoms in total. The number of nitrogens with zero attached hydrogens (tertiary/aromatic N) is 2. The zero-order chi connectivity index (χ0) is 20.8. The van der Waals surface area contributed by atoms with Crippen LogP contribution in [0, 0.1) is 0 Å². The van der Waals surface area contributed by atoms with Gasteiger partial charge in [0.05, 0.1) is 43.8 Å². The Morgan fingerprint density at radius 3 is 2.28 bits per heavy atom. The Balaban J connectivity index is 1.69. The first-order valence-corrected chi connectivity index (χ1v) is 8.70. The van der Waals surface area contributed by atoms with Crippen LogP contribution in [0.25, 0.3) is 0 Å². The number of hydrogen-bond acceptors (Lipinski definition) is 6. The summed E-state index contributed by atoms with van der Waals surface area (Å²) in [6, 6.07) is 13.2. The number of esters is 2. The van der Waals surface area contributed by atoms with Crippen molar-refractivity contribution >= 4 is 23.5 Å². The Morgan fingerprint density at radius 2 is 1.59 bits per heavy atom. The highest BCUT2D eigenvalue weighted by molar-refractivity contribution is 6.04. The van der Waals surface area contributed by atoms with Crippen molar-refractivity contribution in [2.45, 2.75) is 6.54 Å². The highest BCUT2D eigenvalue weighted by Gasteiger charge is 2.13. The van der Waals surface area contributed by atoms with Crippen LogP contribution in [0.4, 0.5) is 5.69 Å². The van der Waals surface area contributed by atoms with Gasteiger partial charge in [0.15, 0.2) is 0 Å². The molecule has 3 rings (SSSR count). The van der Waals surface area contributed by atoms with Crippen LogP contribution in [0.2, 0.25) is 0 Å². The van der Waals surface area contributed by atoms with Crippen LogP contribution in [-0.4, -0.2) is 41.8 Å². The summed E-state index contributed by atoms with van der Waals surface area (Å²) in [6.07, 6.45) is 3.18. The molecule has 148 valence electrons. The van der Waals surface area contributed by atoms with Gasteiger partial charge in [-0.15, -0.1) is 0 Å². The number of rotatable bonds is 6. The topological polar surface area (TPSA) is 99.5 Å². The van der Waals surface area contributed by atoms with E-state index in [0.717, 1.165) is 5.56 Å². The fourth-order valence-electron chi connectivity index (χ4n) is 2.74. The molecule has 1 aromatic heterocycles. The molecule has 0 aliphatic carbocycles. The maximum Gasteiger partial charge on any atom is 0.338 e. The van der Waals surface area contributed by atoms with Gasteiger partial charge in [0.1, 0.15) is 0 Å². The third-order valence-electron chi connectivity index (χ3n) is 4.21. The van der Waals surface area contributed by atoms with Crippen LogP contribution < -0.4 is 5.32 Å². The molecule has 3 aromatic rings. The van der Waals surface area contributed by atoms with Crippen LogP contribution >= 0.6 is 0 Å². The first-order valence-electron chi connectivity index (χ1n) is 8.70. The minimum atomic E-state index is -0.467. The number of methoxy groups -OCH3 is 2. The molecule has 0 bridgehead atoms. The third kappa shape index (κ3) is 4.67. The van der Waals surface area contributed by atoms with E-state index in [2.05, 4.69) is 15.2 Å². The van der Waals surface area contributed by atoms with Crippen molar-refractivity contribution in [3.63, 3.8) is 0 Å². The Bertz CT molecular complexity index is 1040. The smallest absolute Gasteiger partial charge is 0.338 e. The average Bonchev–Trinajstić information content (AvgIpc) is 3.19. The van der Waals surface area contributed by atoms with Crippen LogP contribution in [0.5, 0.6) is 0 Å². The number of amides is 1. The van der Waals surface area contributed by atoms with E-state index in [4.69, 9.17) is 4.74 Å². The summed E-state index contributed by atoms with van der Waals surface area (Å²) in [5.74, 6) is -1.22. The standard InChI is InChI=1S/C21H19N3O5/c1-28-20(26)15-9-7-14(8-10-15)19(25)23-17-11-22-24(13-17)12-16-5-3-4-6-18(16)21(27)29-2/h3-11,13H,12H2,1-2H3,(H,23,25). The van der Waals surface area contributed by atoms with Crippen LogP contribution in [0.1, 0.15) is 36.6 Å². The van der Waals surface area contributed by atoms with Crippen LogP contribution in [0.15, 0.2) is 60.9 Å². The van der Waals surface area contributed by atoms with E-state index in [-0.39, 0.29) is 5.91 Å². The van der Waals surface area contributed by atoms with Gasteiger partial charge >= 0.3 is 11.9 Å². The van der Waals surface area contributed by atoms with Crippen molar-refractivity contribution in [1.82, 2.24) is 9.78 Å². The molecular formula is C21H19N3O5. The molecule has 0 saturated carbocycles. The number of benzene rings is 2.